The fraction of sp³-hybridized carbons (Fsp3) is 0.440. The standard InChI is InChI=1S/C25H31FN2O4/c1-3-16-31-22-11-10-19(18-23(22)32-17-4-2)24(29)27-12-7-13-28(15-14-27)25(30)20-8-5-6-9-21(20)26/h5-6,8-11,18H,3-4,7,12-17H2,1-2H3. The molecule has 172 valence electrons. The van der Waals surface area contributed by atoms with E-state index in [-0.39, 0.29) is 17.4 Å². The van der Waals surface area contributed by atoms with Gasteiger partial charge in [0.05, 0.1) is 18.8 Å². The Labute approximate surface area is 188 Å². The molecular weight excluding hydrogens is 411 g/mol. The summed E-state index contributed by atoms with van der Waals surface area (Å²) in [6.45, 7) is 6.92. The largest absolute Gasteiger partial charge is 0.490 e. The highest BCUT2D eigenvalue weighted by atomic mass is 19.1. The Balaban J connectivity index is 1.70. The zero-order chi connectivity index (χ0) is 22.9. The summed E-state index contributed by atoms with van der Waals surface area (Å²) in [6.07, 6.45) is 2.36. The molecule has 0 bridgehead atoms. The first-order valence-electron chi connectivity index (χ1n) is 11.3. The van der Waals surface area contributed by atoms with Crippen molar-refractivity contribution in [2.45, 2.75) is 33.1 Å². The molecule has 0 N–H and O–H groups in total. The highest BCUT2D eigenvalue weighted by Gasteiger charge is 2.25. The zero-order valence-electron chi connectivity index (χ0n) is 18.8. The molecule has 2 aromatic rings. The molecule has 32 heavy (non-hydrogen) atoms. The van der Waals surface area contributed by atoms with Gasteiger partial charge in [-0.15, -0.1) is 0 Å². The number of ether oxygens (including phenoxy) is 2. The lowest BCUT2D eigenvalue weighted by molar-refractivity contribution is 0.0716. The van der Waals surface area contributed by atoms with E-state index in [1.54, 1.807) is 40.1 Å². The predicted molar refractivity (Wildman–Crippen MR) is 121 cm³/mol. The first-order chi connectivity index (χ1) is 15.5. The van der Waals surface area contributed by atoms with E-state index in [9.17, 15) is 14.0 Å². The van der Waals surface area contributed by atoms with Gasteiger partial charge in [-0.2, -0.15) is 0 Å². The molecular formula is C25H31FN2O4. The molecule has 0 aromatic heterocycles. The van der Waals surface area contributed by atoms with Crippen molar-refractivity contribution >= 4 is 11.8 Å². The number of hydrogen-bond acceptors (Lipinski definition) is 4. The van der Waals surface area contributed by atoms with Gasteiger partial charge in [0.15, 0.2) is 11.5 Å². The second kappa shape index (κ2) is 11.5. The van der Waals surface area contributed by atoms with E-state index in [4.69, 9.17) is 9.47 Å². The number of nitrogens with zero attached hydrogens (tertiary/aromatic N) is 2. The van der Waals surface area contributed by atoms with E-state index in [1.165, 1.54) is 12.1 Å². The van der Waals surface area contributed by atoms with Crippen molar-refractivity contribution in [3.05, 3.63) is 59.4 Å². The molecule has 1 aliphatic heterocycles. The van der Waals surface area contributed by atoms with Crippen LogP contribution < -0.4 is 9.47 Å². The summed E-state index contributed by atoms with van der Waals surface area (Å²) in [7, 11) is 0. The van der Waals surface area contributed by atoms with E-state index in [1.807, 2.05) is 13.8 Å². The van der Waals surface area contributed by atoms with Crippen LogP contribution in [0.4, 0.5) is 4.39 Å². The van der Waals surface area contributed by atoms with Crippen LogP contribution in [0.5, 0.6) is 11.5 Å². The average molecular weight is 443 g/mol. The van der Waals surface area contributed by atoms with Gasteiger partial charge in [-0.25, -0.2) is 4.39 Å². The lowest BCUT2D eigenvalue weighted by Crippen LogP contribution is -2.37. The summed E-state index contributed by atoms with van der Waals surface area (Å²) in [5.74, 6) is 0.213. The van der Waals surface area contributed by atoms with Crippen LogP contribution in [0, 0.1) is 5.82 Å². The first kappa shape index (κ1) is 23.6. The number of carbonyl (C=O) groups is 2. The van der Waals surface area contributed by atoms with Crippen LogP contribution in [0.3, 0.4) is 0 Å². The number of benzene rings is 2. The van der Waals surface area contributed by atoms with Crippen molar-refractivity contribution in [1.29, 1.82) is 0 Å². The maximum atomic E-state index is 14.0. The van der Waals surface area contributed by atoms with Crippen LogP contribution in [-0.4, -0.2) is 61.0 Å². The molecule has 7 heteroatoms. The molecule has 0 radical (unpaired) electrons. The Morgan fingerprint density at radius 3 is 2.12 bits per heavy atom. The fourth-order valence-corrected chi connectivity index (χ4v) is 3.61. The zero-order valence-corrected chi connectivity index (χ0v) is 18.8. The van der Waals surface area contributed by atoms with Gasteiger partial charge in [0.1, 0.15) is 5.82 Å². The Morgan fingerprint density at radius 1 is 0.844 bits per heavy atom. The van der Waals surface area contributed by atoms with Gasteiger partial charge >= 0.3 is 0 Å². The summed E-state index contributed by atoms with van der Waals surface area (Å²) >= 11 is 0. The molecule has 0 spiro atoms. The lowest BCUT2D eigenvalue weighted by Gasteiger charge is -2.23. The van der Waals surface area contributed by atoms with Gasteiger partial charge in [0, 0.05) is 31.7 Å². The van der Waals surface area contributed by atoms with Crippen LogP contribution in [0.2, 0.25) is 0 Å². The van der Waals surface area contributed by atoms with Crippen LogP contribution >= 0.6 is 0 Å². The third kappa shape index (κ3) is 5.78. The number of hydrogen-bond donors (Lipinski definition) is 0. The Bertz CT molecular complexity index is 934. The number of carbonyl (C=O) groups excluding carboxylic acids is 2. The molecule has 1 heterocycles. The molecule has 6 nitrogen and oxygen atoms in total. The van der Waals surface area contributed by atoms with Gasteiger partial charge in [0.2, 0.25) is 0 Å². The van der Waals surface area contributed by atoms with Gasteiger partial charge in [-0.1, -0.05) is 26.0 Å². The minimum absolute atomic E-state index is 0.0626. The normalized spacial score (nSPS) is 14.1. The fourth-order valence-electron chi connectivity index (χ4n) is 3.61. The van der Waals surface area contributed by atoms with Crippen molar-refractivity contribution in [3.63, 3.8) is 0 Å². The van der Waals surface area contributed by atoms with Gasteiger partial charge < -0.3 is 19.3 Å². The SMILES string of the molecule is CCCOc1ccc(C(=O)N2CCCN(C(=O)c3ccccc3F)CC2)cc1OCCC. The van der Waals surface area contributed by atoms with E-state index in [0.29, 0.717) is 62.9 Å². The summed E-state index contributed by atoms with van der Waals surface area (Å²) < 4.78 is 25.6. The van der Waals surface area contributed by atoms with Crippen molar-refractivity contribution in [2.24, 2.45) is 0 Å². The monoisotopic (exact) mass is 442 g/mol. The Hall–Kier alpha value is -3.09. The second-order valence-corrected chi connectivity index (χ2v) is 7.78. The maximum absolute atomic E-state index is 14.0. The van der Waals surface area contributed by atoms with Crippen LogP contribution in [0.1, 0.15) is 53.8 Å². The van der Waals surface area contributed by atoms with E-state index in [0.717, 1.165) is 12.8 Å². The number of rotatable bonds is 8. The van der Waals surface area contributed by atoms with Crippen molar-refractivity contribution < 1.29 is 23.5 Å². The van der Waals surface area contributed by atoms with Gasteiger partial charge in [0.25, 0.3) is 11.8 Å². The number of amides is 2. The minimum atomic E-state index is -0.528. The quantitative estimate of drug-likeness (QED) is 0.608. The average Bonchev–Trinajstić information content (AvgIpc) is 3.07. The highest BCUT2D eigenvalue weighted by molar-refractivity contribution is 5.96. The summed E-state index contributed by atoms with van der Waals surface area (Å²) in [4.78, 5) is 29.3. The molecule has 1 fully saturated rings. The first-order valence-corrected chi connectivity index (χ1v) is 11.3. The van der Waals surface area contributed by atoms with E-state index >= 15 is 0 Å². The van der Waals surface area contributed by atoms with Crippen LogP contribution in [-0.2, 0) is 0 Å². The molecule has 2 amide bonds. The molecule has 0 aliphatic carbocycles. The topological polar surface area (TPSA) is 59.1 Å². The van der Waals surface area contributed by atoms with Crippen LogP contribution in [0.25, 0.3) is 0 Å². The molecule has 3 rings (SSSR count). The minimum Gasteiger partial charge on any atom is -0.490 e. The summed E-state index contributed by atoms with van der Waals surface area (Å²) in [6, 6.07) is 11.2. The van der Waals surface area contributed by atoms with Crippen molar-refractivity contribution in [3.8, 4) is 11.5 Å². The lowest BCUT2D eigenvalue weighted by atomic mass is 10.1. The maximum Gasteiger partial charge on any atom is 0.256 e. The van der Waals surface area contributed by atoms with Gasteiger partial charge in [-0.3, -0.25) is 9.59 Å². The molecule has 0 unspecified atom stereocenters. The van der Waals surface area contributed by atoms with Crippen LogP contribution in [0.15, 0.2) is 42.5 Å². The second-order valence-electron chi connectivity index (χ2n) is 7.78. The molecule has 2 aromatic carbocycles. The highest BCUT2D eigenvalue weighted by Crippen LogP contribution is 2.29. The Kier molecular flexibility index (Phi) is 8.48. The smallest absolute Gasteiger partial charge is 0.256 e. The molecule has 1 saturated heterocycles. The third-order valence-corrected chi connectivity index (χ3v) is 5.29. The molecule has 1 aliphatic rings. The number of halogens is 1. The summed E-state index contributed by atoms with van der Waals surface area (Å²) in [5, 5.41) is 0. The third-order valence-electron chi connectivity index (χ3n) is 5.29. The summed E-state index contributed by atoms with van der Waals surface area (Å²) in [5.41, 5.74) is 0.585. The van der Waals surface area contributed by atoms with Crippen molar-refractivity contribution in [1.82, 2.24) is 9.80 Å². The molecule has 0 atom stereocenters. The van der Waals surface area contributed by atoms with Crippen molar-refractivity contribution in [2.75, 3.05) is 39.4 Å². The van der Waals surface area contributed by atoms with E-state index < -0.39 is 5.82 Å². The Morgan fingerprint density at radius 2 is 1.47 bits per heavy atom. The molecule has 0 saturated carbocycles. The predicted octanol–water partition coefficient (Wildman–Crippen LogP) is 4.39. The van der Waals surface area contributed by atoms with Gasteiger partial charge in [-0.05, 0) is 49.6 Å². The van der Waals surface area contributed by atoms with E-state index in [2.05, 4.69) is 0 Å².